The second-order valence-electron chi connectivity index (χ2n) is 8.34. The van der Waals surface area contributed by atoms with Gasteiger partial charge in [0.05, 0.1) is 31.1 Å². The average Bonchev–Trinajstić information content (AvgIpc) is 2.94. The molecule has 174 valence electrons. The number of likely N-dealkylation sites (tertiary alicyclic amines) is 1. The van der Waals surface area contributed by atoms with Crippen LogP contribution in [-0.4, -0.2) is 82.6 Å². The standard InChI is InChI=1S/C21H33N3O6S/c1-15-11-17(20-19(12-15)29-9-4-10-30-20)21(26)22-13-16-5-8-24(14-18(16)25)7-3-6-23-31(2,27)28/h11-12,16,18,23,25H,3-10,13-14H2,1-2H3,(H,22,26)/t16-,18+/m0/s1. The summed E-state index contributed by atoms with van der Waals surface area (Å²) in [7, 11) is -3.17. The number of hydrogen-bond acceptors (Lipinski definition) is 7. The van der Waals surface area contributed by atoms with Gasteiger partial charge in [0.1, 0.15) is 0 Å². The normalized spacial score (nSPS) is 22.0. The number of piperidine rings is 1. The molecule has 0 unspecified atom stereocenters. The number of sulfonamides is 1. The Kier molecular flexibility index (Phi) is 8.15. The number of nitrogens with zero attached hydrogens (tertiary/aromatic N) is 1. The lowest BCUT2D eigenvalue weighted by Gasteiger charge is -2.36. The van der Waals surface area contributed by atoms with Crippen LogP contribution in [-0.2, 0) is 10.0 Å². The van der Waals surface area contributed by atoms with Crippen LogP contribution in [0.3, 0.4) is 0 Å². The molecule has 1 fully saturated rings. The van der Waals surface area contributed by atoms with Gasteiger partial charge in [-0.05, 0) is 50.6 Å². The van der Waals surface area contributed by atoms with Crippen molar-refractivity contribution in [3.05, 3.63) is 23.3 Å². The summed E-state index contributed by atoms with van der Waals surface area (Å²) in [5, 5.41) is 13.5. The van der Waals surface area contributed by atoms with E-state index in [1.54, 1.807) is 6.07 Å². The van der Waals surface area contributed by atoms with Gasteiger partial charge in [0.2, 0.25) is 10.0 Å². The van der Waals surface area contributed by atoms with Crippen molar-refractivity contribution >= 4 is 15.9 Å². The van der Waals surface area contributed by atoms with Gasteiger partial charge in [-0.2, -0.15) is 0 Å². The summed E-state index contributed by atoms with van der Waals surface area (Å²) in [5.41, 5.74) is 1.38. The van der Waals surface area contributed by atoms with Gasteiger partial charge in [-0.25, -0.2) is 13.1 Å². The molecule has 2 atom stereocenters. The Bertz CT molecular complexity index is 876. The average molecular weight is 456 g/mol. The summed E-state index contributed by atoms with van der Waals surface area (Å²) in [4.78, 5) is 15.0. The van der Waals surface area contributed by atoms with Crippen molar-refractivity contribution in [1.29, 1.82) is 0 Å². The molecule has 1 saturated heterocycles. The number of amides is 1. The number of carbonyl (C=O) groups excluding carboxylic acids is 1. The van der Waals surface area contributed by atoms with Gasteiger partial charge in [0.15, 0.2) is 11.5 Å². The maximum Gasteiger partial charge on any atom is 0.255 e. The van der Waals surface area contributed by atoms with Crippen LogP contribution < -0.4 is 19.5 Å². The highest BCUT2D eigenvalue weighted by molar-refractivity contribution is 7.88. The third-order valence-corrected chi connectivity index (χ3v) is 6.31. The second-order valence-corrected chi connectivity index (χ2v) is 10.2. The SMILES string of the molecule is Cc1cc2c(c(C(=O)NC[C@@H]3CCN(CCCNS(C)(=O)=O)C[C@H]3O)c1)OCCCO2. The molecule has 2 aliphatic heterocycles. The number of β-amino-alcohol motifs (C(OH)–C–C–N with tert-alkyl or cyclic N) is 1. The van der Waals surface area contributed by atoms with Crippen LogP contribution >= 0.6 is 0 Å². The molecule has 0 saturated carbocycles. The molecule has 10 heteroatoms. The molecule has 0 aromatic heterocycles. The zero-order valence-electron chi connectivity index (χ0n) is 18.2. The molecule has 2 heterocycles. The number of aryl methyl sites for hydroxylation is 1. The Labute approximate surface area is 184 Å². The second kappa shape index (κ2) is 10.6. The predicted octanol–water partition coefficient (Wildman–Crippen LogP) is 0.508. The molecule has 31 heavy (non-hydrogen) atoms. The van der Waals surface area contributed by atoms with Crippen LogP contribution in [0.2, 0.25) is 0 Å². The van der Waals surface area contributed by atoms with E-state index in [0.717, 1.165) is 31.2 Å². The fourth-order valence-corrected chi connectivity index (χ4v) is 4.46. The molecule has 3 N–H and O–H groups in total. The van der Waals surface area contributed by atoms with Crippen LogP contribution in [0, 0.1) is 12.8 Å². The third-order valence-electron chi connectivity index (χ3n) is 5.58. The van der Waals surface area contributed by atoms with Gasteiger partial charge in [-0.3, -0.25) is 4.79 Å². The van der Waals surface area contributed by atoms with Gasteiger partial charge in [0, 0.05) is 32.0 Å². The Morgan fingerprint density at radius 3 is 2.81 bits per heavy atom. The molecule has 1 aromatic carbocycles. The van der Waals surface area contributed by atoms with Crippen molar-refractivity contribution in [2.24, 2.45) is 5.92 Å². The zero-order chi connectivity index (χ0) is 22.4. The van der Waals surface area contributed by atoms with E-state index in [4.69, 9.17) is 9.47 Å². The van der Waals surface area contributed by atoms with Gasteiger partial charge in [0.25, 0.3) is 5.91 Å². The topological polar surface area (TPSA) is 117 Å². The quantitative estimate of drug-likeness (QED) is 0.489. The highest BCUT2D eigenvalue weighted by atomic mass is 32.2. The highest BCUT2D eigenvalue weighted by Gasteiger charge is 2.28. The van der Waals surface area contributed by atoms with Crippen LogP contribution in [0.4, 0.5) is 0 Å². The van der Waals surface area contributed by atoms with Crippen molar-refractivity contribution in [2.75, 3.05) is 52.2 Å². The number of hydrogen-bond donors (Lipinski definition) is 3. The summed E-state index contributed by atoms with van der Waals surface area (Å²) in [5.74, 6) is 0.821. The monoisotopic (exact) mass is 455 g/mol. The Balaban J connectivity index is 1.49. The molecule has 0 bridgehead atoms. The highest BCUT2D eigenvalue weighted by Crippen LogP contribution is 2.34. The summed E-state index contributed by atoms with van der Waals surface area (Å²) < 4.78 is 36.2. The van der Waals surface area contributed by atoms with Crippen LogP contribution in [0.25, 0.3) is 0 Å². The number of nitrogens with one attached hydrogen (secondary N) is 2. The largest absolute Gasteiger partial charge is 0.490 e. The first kappa shape index (κ1) is 23.8. The van der Waals surface area contributed by atoms with Crippen molar-refractivity contribution in [2.45, 2.75) is 32.3 Å². The number of ether oxygens (including phenoxy) is 2. The van der Waals surface area contributed by atoms with Crippen LogP contribution in [0.15, 0.2) is 12.1 Å². The summed E-state index contributed by atoms with van der Waals surface area (Å²) in [6, 6.07) is 3.68. The lowest BCUT2D eigenvalue weighted by molar-refractivity contribution is 0.0219. The first-order valence-electron chi connectivity index (χ1n) is 10.8. The van der Waals surface area contributed by atoms with E-state index in [1.165, 1.54) is 0 Å². The van der Waals surface area contributed by atoms with E-state index in [-0.39, 0.29) is 11.8 Å². The first-order valence-corrected chi connectivity index (χ1v) is 12.7. The maximum absolute atomic E-state index is 12.9. The van der Waals surface area contributed by atoms with E-state index >= 15 is 0 Å². The van der Waals surface area contributed by atoms with Crippen LogP contribution in [0.1, 0.15) is 35.2 Å². The lowest BCUT2D eigenvalue weighted by Crippen LogP contribution is -2.48. The van der Waals surface area contributed by atoms with Crippen molar-refractivity contribution in [1.82, 2.24) is 14.9 Å². The number of aliphatic hydroxyl groups is 1. The number of fused-ring (bicyclic) bond motifs is 1. The van der Waals surface area contributed by atoms with Gasteiger partial charge >= 0.3 is 0 Å². The molecular formula is C21H33N3O6S. The van der Waals surface area contributed by atoms with E-state index < -0.39 is 16.1 Å². The van der Waals surface area contributed by atoms with Crippen molar-refractivity contribution < 1.29 is 27.8 Å². The number of benzene rings is 1. The minimum atomic E-state index is -3.17. The Morgan fingerprint density at radius 2 is 2.06 bits per heavy atom. The minimum Gasteiger partial charge on any atom is -0.490 e. The molecule has 3 rings (SSSR count). The fourth-order valence-electron chi connectivity index (χ4n) is 3.95. The van der Waals surface area contributed by atoms with E-state index in [9.17, 15) is 18.3 Å². The summed E-state index contributed by atoms with van der Waals surface area (Å²) >= 11 is 0. The molecule has 0 aliphatic carbocycles. The van der Waals surface area contributed by atoms with Crippen molar-refractivity contribution in [3.8, 4) is 11.5 Å². The van der Waals surface area contributed by atoms with E-state index in [1.807, 2.05) is 13.0 Å². The van der Waals surface area contributed by atoms with Gasteiger partial charge in [-0.15, -0.1) is 0 Å². The molecular weight excluding hydrogens is 422 g/mol. The number of carbonyl (C=O) groups is 1. The molecule has 2 aliphatic rings. The predicted molar refractivity (Wildman–Crippen MR) is 117 cm³/mol. The summed E-state index contributed by atoms with van der Waals surface area (Å²) in [6.45, 7) is 5.77. The zero-order valence-corrected chi connectivity index (χ0v) is 19.0. The van der Waals surface area contributed by atoms with Crippen molar-refractivity contribution in [3.63, 3.8) is 0 Å². The maximum atomic E-state index is 12.9. The molecule has 0 spiro atoms. The van der Waals surface area contributed by atoms with E-state index in [2.05, 4.69) is 14.9 Å². The molecule has 0 radical (unpaired) electrons. The van der Waals surface area contributed by atoms with E-state index in [0.29, 0.717) is 62.9 Å². The summed E-state index contributed by atoms with van der Waals surface area (Å²) in [6.07, 6.45) is 2.80. The fraction of sp³-hybridized carbons (Fsp3) is 0.667. The number of aliphatic hydroxyl groups excluding tert-OH is 1. The Hall–Kier alpha value is -1.88. The molecule has 1 amide bonds. The molecule has 9 nitrogen and oxygen atoms in total. The first-order chi connectivity index (χ1) is 14.7. The third kappa shape index (κ3) is 7.06. The van der Waals surface area contributed by atoms with Crippen LogP contribution in [0.5, 0.6) is 11.5 Å². The molecule has 1 aromatic rings. The Morgan fingerprint density at radius 1 is 1.29 bits per heavy atom. The number of rotatable bonds is 8. The minimum absolute atomic E-state index is 0.0325. The van der Waals surface area contributed by atoms with Gasteiger partial charge < -0.3 is 24.8 Å². The van der Waals surface area contributed by atoms with Gasteiger partial charge in [-0.1, -0.05) is 0 Å². The smallest absolute Gasteiger partial charge is 0.255 e. The lowest BCUT2D eigenvalue weighted by atomic mass is 9.93.